The van der Waals surface area contributed by atoms with E-state index < -0.39 is 5.60 Å². The van der Waals surface area contributed by atoms with Crippen LogP contribution in [0.3, 0.4) is 0 Å². The van der Waals surface area contributed by atoms with Crippen LogP contribution in [0.4, 0.5) is 5.95 Å². The number of nitrogens with zero attached hydrogens (tertiary/aromatic N) is 2. The molecule has 1 aliphatic carbocycles. The number of carbonyl (C=O) groups excluding carboxylic acids is 1. The monoisotopic (exact) mass is 325 g/mol. The third kappa shape index (κ3) is 3.31. The average Bonchev–Trinajstić information content (AvgIpc) is 2.64. The first-order chi connectivity index (χ1) is 11.6. The molecule has 0 radical (unpaired) electrons. The number of rotatable bonds is 4. The van der Waals surface area contributed by atoms with Gasteiger partial charge in [-0.05, 0) is 25.3 Å². The van der Waals surface area contributed by atoms with E-state index in [9.17, 15) is 4.79 Å². The molecule has 1 aromatic heterocycles. The Morgan fingerprint density at radius 1 is 1.17 bits per heavy atom. The van der Waals surface area contributed by atoms with E-state index in [1.54, 1.807) is 13.3 Å². The number of anilines is 1. The van der Waals surface area contributed by atoms with Crippen molar-refractivity contribution in [1.29, 1.82) is 0 Å². The number of ether oxygens (including phenoxy) is 1. The van der Waals surface area contributed by atoms with Gasteiger partial charge in [-0.25, -0.2) is 9.97 Å². The van der Waals surface area contributed by atoms with Gasteiger partial charge in [0.15, 0.2) is 0 Å². The second-order valence-corrected chi connectivity index (χ2v) is 6.30. The molecule has 0 atom stereocenters. The molecule has 3 rings (SSSR count). The Morgan fingerprint density at radius 3 is 2.54 bits per heavy atom. The molecule has 5 nitrogen and oxygen atoms in total. The molecule has 0 bridgehead atoms. The summed E-state index contributed by atoms with van der Waals surface area (Å²) in [5.41, 5.74) is 2.06. The first-order valence-corrected chi connectivity index (χ1v) is 8.40. The van der Waals surface area contributed by atoms with Gasteiger partial charge < -0.3 is 4.74 Å². The van der Waals surface area contributed by atoms with Crippen molar-refractivity contribution < 1.29 is 9.53 Å². The van der Waals surface area contributed by atoms with E-state index in [4.69, 9.17) is 4.74 Å². The van der Waals surface area contributed by atoms with Crippen molar-refractivity contribution in [2.24, 2.45) is 0 Å². The van der Waals surface area contributed by atoms with E-state index in [0.29, 0.717) is 5.95 Å². The fraction of sp³-hybridized carbons (Fsp3) is 0.421. The molecule has 0 unspecified atom stereocenters. The van der Waals surface area contributed by atoms with Gasteiger partial charge in [0.25, 0.3) is 5.91 Å². The van der Waals surface area contributed by atoms with E-state index >= 15 is 0 Å². The molecule has 0 aliphatic heterocycles. The molecular weight excluding hydrogens is 302 g/mol. The van der Waals surface area contributed by atoms with Gasteiger partial charge in [-0.1, -0.05) is 49.6 Å². The van der Waals surface area contributed by atoms with E-state index in [0.717, 1.165) is 48.9 Å². The Hall–Kier alpha value is -2.27. The van der Waals surface area contributed by atoms with Crippen molar-refractivity contribution in [2.45, 2.75) is 44.6 Å². The lowest BCUT2D eigenvalue weighted by molar-refractivity contribution is -0.141. The normalized spacial score (nSPS) is 16.6. The van der Waals surface area contributed by atoms with Gasteiger partial charge in [-0.15, -0.1) is 0 Å². The minimum atomic E-state index is -0.751. The summed E-state index contributed by atoms with van der Waals surface area (Å²) >= 11 is 0. The number of hydrogen-bond acceptors (Lipinski definition) is 4. The van der Waals surface area contributed by atoms with Crippen molar-refractivity contribution in [3.8, 4) is 11.3 Å². The Bertz CT molecular complexity index is 710. The molecule has 1 aliphatic rings. The summed E-state index contributed by atoms with van der Waals surface area (Å²) in [4.78, 5) is 21.5. The van der Waals surface area contributed by atoms with Gasteiger partial charge in [-0.3, -0.25) is 10.1 Å². The minimum Gasteiger partial charge on any atom is -0.368 e. The van der Waals surface area contributed by atoms with Crippen LogP contribution >= 0.6 is 0 Å². The number of aryl methyl sites for hydroxylation is 1. The standard InChI is InChI=1S/C19H23N3O2/c1-14-13-20-18(21-16(14)15-9-5-3-6-10-15)22-17(23)19(24-2)11-7-4-8-12-19/h3,5-6,9-10,13H,4,7-8,11-12H2,1-2H3,(H,20,21,22,23). The number of nitrogens with one attached hydrogen (secondary N) is 1. The van der Waals surface area contributed by atoms with E-state index in [1.807, 2.05) is 37.3 Å². The maximum Gasteiger partial charge on any atom is 0.258 e. The van der Waals surface area contributed by atoms with Gasteiger partial charge in [0.05, 0.1) is 5.69 Å². The SMILES string of the molecule is COC1(C(=O)Nc2ncc(C)c(-c3ccccc3)n2)CCCCC1. The molecule has 1 heterocycles. The third-order valence-corrected chi connectivity index (χ3v) is 4.71. The molecule has 126 valence electrons. The van der Waals surface area contributed by atoms with Crippen LogP contribution < -0.4 is 5.32 Å². The van der Waals surface area contributed by atoms with E-state index in [2.05, 4.69) is 15.3 Å². The lowest BCUT2D eigenvalue weighted by Gasteiger charge is -2.34. The molecule has 1 saturated carbocycles. The first kappa shape index (κ1) is 16.6. The molecule has 2 aromatic rings. The maximum atomic E-state index is 12.7. The lowest BCUT2D eigenvalue weighted by atomic mass is 9.84. The average molecular weight is 325 g/mol. The van der Waals surface area contributed by atoms with Gasteiger partial charge in [0, 0.05) is 18.9 Å². The summed E-state index contributed by atoms with van der Waals surface area (Å²) in [6, 6.07) is 9.90. The topological polar surface area (TPSA) is 64.1 Å². The molecular formula is C19H23N3O2. The van der Waals surface area contributed by atoms with Crippen LogP contribution in [0, 0.1) is 6.92 Å². The van der Waals surface area contributed by atoms with Crippen LogP contribution in [0.2, 0.25) is 0 Å². The lowest BCUT2D eigenvalue weighted by Crippen LogP contribution is -2.46. The molecule has 1 N–H and O–H groups in total. The quantitative estimate of drug-likeness (QED) is 0.930. The summed E-state index contributed by atoms with van der Waals surface area (Å²) < 4.78 is 5.58. The number of benzene rings is 1. The molecule has 0 spiro atoms. The van der Waals surface area contributed by atoms with Crippen LogP contribution in [-0.2, 0) is 9.53 Å². The molecule has 24 heavy (non-hydrogen) atoms. The first-order valence-electron chi connectivity index (χ1n) is 8.40. The molecule has 1 aromatic carbocycles. The summed E-state index contributed by atoms with van der Waals surface area (Å²) in [6.45, 7) is 1.96. The van der Waals surface area contributed by atoms with Crippen molar-refractivity contribution >= 4 is 11.9 Å². The van der Waals surface area contributed by atoms with Crippen LogP contribution in [-0.4, -0.2) is 28.6 Å². The van der Waals surface area contributed by atoms with Crippen molar-refractivity contribution in [3.05, 3.63) is 42.1 Å². The Kier molecular flexibility index (Phi) is 4.90. The fourth-order valence-electron chi connectivity index (χ4n) is 3.25. The Labute approximate surface area is 142 Å². The van der Waals surface area contributed by atoms with Gasteiger partial charge in [-0.2, -0.15) is 0 Å². The zero-order valence-corrected chi connectivity index (χ0v) is 14.2. The van der Waals surface area contributed by atoms with Crippen molar-refractivity contribution in [3.63, 3.8) is 0 Å². The summed E-state index contributed by atoms with van der Waals surface area (Å²) in [5, 5.41) is 2.85. The van der Waals surface area contributed by atoms with E-state index in [1.165, 1.54) is 0 Å². The smallest absolute Gasteiger partial charge is 0.258 e. The Balaban J connectivity index is 1.84. The molecule has 0 saturated heterocycles. The molecule has 5 heteroatoms. The number of carbonyl (C=O) groups is 1. The van der Waals surface area contributed by atoms with Crippen LogP contribution in [0.25, 0.3) is 11.3 Å². The third-order valence-electron chi connectivity index (χ3n) is 4.71. The number of aromatic nitrogens is 2. The van der Waals surface area contributed by atoms with Crippen LogP contribution in [0.1, 0.15) is 37.7 Å². The number of methoxy groups -OCH3 is 1. The fourth-order valence-corrected chi connectivity index (χ4v) is 3.25. The van der Waals surface area contributed by atoms with Crippen molar-refractivity contribution in [2.75, 3.05) is 12.4 Å². The highest BCUT2D eigenvalue weighted by atomic mass is 16.5. The van der Waals surface area contributed by atoms with Crippen LogP contribution in [0.5, 0.6) is 0 Å². The Morgan fingerprint density at radius 2 is 1.88 bits per heavy atom. The predicted octanol–water partition coefficient (Wildman–Crippen LogP) is 3.74. The highest BCUT2D eigenvalue weighted by Gasteiger charge is 2.40. The molecule has 1 amide bonds. The highest BCUT2D eigenvalue weighted by molar-refractivity contribution is 5.96. The number of amides is 1. The second-order valence-electron chi connectivity index (χ2n) is 6.30. The maximum absolute atomic E-state index is 12.7. The van der Waals surface area contributed by atoms with Crippen molar-refractivity contribution in [1.82, 2.24) is 9.97 Å². The second kappa shape index (κ2) is 7.09. The van der Waals surface area contributed by atoms with Gasteiger partial charge in [0.1, 0.15) is 5.60 Å². The summed E-state index contributed by atoms with van der Waals surface area (Å²) in [6.07, 6.45) is 6.39. The van der Waals surface area contributed by atoms with E-state index in [-0.39, 0.29) is 5.91 Å². The minimum absolute atomic E-state index is 0.146. The van der Waals surface area contributed by atoms with Gasteiger partial charge >= 0.3 is 0 Å². The molecule has 1 fully saturated rings. The van der Waals surface area contributed by atoms with Gasteiger partial charge in [0.2, 0.25) is 5.95 Å². The summed E-state index contributed by atoms with van der Waals surface area (Å²) in [7, 11) is 1.61. The van der Waals surface area contributed by atoms with Crippen LogP contribution in [0.15, 0.2) is 36.5 Å². The zero-order chi connectivity index (χ0) is 17.0. The number of hydrogen-bond donors (Lipinski definition) is 1. The largest absolute Gasteiger partial charge is 0.368 e. The predicted molar refractivity (Wildman–Crippen MR) is 93.7 cm³/mol. The zero-order valence-electron chi connectivity index (χ0n) is 14.2. The highest BCUT2D eigenvalue weighted by Crippen LogP contribution is 2.32. The summed E-state index contributed by atoms with van der Waals surface area (Å²) in [5.74, 6) is 0.180.